The Hall–Kier alpha value is -2.15. The summed E-state index contributed by atoms with van der Waals surface area (Å²) in [5.41, 5.74) is 7.78. The van der Waals surface area contributed by atoms with Gasteiger partial charge in [-0.05, 0) is 62.7 Å². The number of benzene rings is 1. The van der Waals surface area contributed by atoms with E-state index >= 15 is 0 Å². The van der Waals surface area contributed by atoms with Gasteiger partial charge in [-0.25, -0.2) is 4.79 Å². The third-order valence-electron chi connectivity index (χ3n) is 5.96. The number of nitrogens with zero attached hydrogens (tertiary/aromatic N) is 2. The minimum atomic E-state index is -0.914. The maximum atomic E-state index is 10.6. The molecule has 7 heteroatoms. The topological polar surface area (TPSA) is 91.1 Å². The summed E-state index contributed by atoms with van der Waals surface area (Å²) in [4.78, 5) is 15.6. The van der Waals surface area contributed by atoms with Gasteiger partial charge in [-0.15, -0.1) is 0 Å². The first-order valence-corrected chi connectivity index (χ1v) is 9.92. The number of likely N-dealkylation sites (tertiary alicyclic amines) is 1. The molecule has 0 spiro atoms. The van der Waals surface area contributed by atoms with E-state index in [0.717, 1.165) is 57.2 Å². The minimum absolute atomic E-state index is 0.486. The molecule has 2 aliphatic heterocycles. The van der Waals surface area contributed by atoms with E-state index in [1.165, 1.54) is 18.5 Å². The van der Waals surface area contributed by atoms with Crippen LogP contribution in [0.5, 0.6) is 5.75 Å². The number of carboxylic acid groups (broad SMARTS) is 1. The summed E-state index contributed by atoms with van der Waals surface area (Å²) in [6.07, 6.45) is 3.66. The summed E-state index contributed by atoms with van der Waals surface area (Å²) in [5.74, 6) is 1.97. The molecule has 2 heterocycles. The molecule has 150 valence electrons. The first-order chi connectivity index (χ1) is 13.0. The Labute approximate surface area is 161 Å². The predicted octanol–water partition coefficient (Wildman–Crippen LogP) is 2.47. The van der Waals surface area contributed by atoms with Gasteiger partial charge in [0.2, 0.25) is 0 Å². The number of hydrogen-bond donors (Lipinski definition) is 3. The summed E-state index contributed by atoms with van der Waals surface area (Å²) in [5, 5.41) is 11.2. The van der Waals surface area contributed by atoms with Crippen LogP contribution in [0, 0.1) is 11.8 Å². The van der Waals surface area contributed by atoms with Crippen molar-refractivity contribution in [3.05, 3.63) is 18.2 Å². The number of rotatable bonds is 6. The highest BCUT2D eigenvalue weighted by atomic mass is 16.5. The molecular formula is C20H32N4O3. The van der Waals surface area contributed by atoms with Crippen molar-refractivity contribution >= 4 is 17.5 Å². The number of nitrogens with one attached hydrogen (secondary N) is 1. The van der Waals surface area contributed by atoms with Gasteiger partial charge in [0.1, 0.15) is 5.75 Å². The van der Waals surface area contributed by atoms with E-state index in [1.807, 2.05) is 12.1 Å². The molecule has 0 aromatic heterocycles. The first-order valence-electron chi connectivity index (χ1n) is 9.92. The lowest BCUT2D eigenvalue weighted by Crippen LogP contribution is -2.43. The molecule has 27 heavy (non-hydrogen) atoms. The van der Waals surface area contributed by atoms with Crippen molar-refractivity contribution < 1.29 is 14.6 Å². The van der Waals surface area contributed by atoms with E-state index < -0.39 is 6.09 Å². The molecule has 4 N–H and O–H groups in total. The van der Waals surface area contributed by atoms with E-state index in [2.05, 4.69) is 21.2 Å². The van der Waals surface area contributed by atoms with Gasteiger partial charge < -0.3 is 30.7 Å². The normalized spacial score (nSPS) is 19.8. The van der Waals surface area contributed by atoms with E-state index in [4.69, 9.17) is 15.6 Å². The quantitative estimate of drug-likeness (QED) is 0.661. The number of carbonyl (C=O) groups is 1. The molecular weight excluding hydrogens is 344 g/mol. The van der Waals surface area contributed by atoms with Gasteiger partial charge in [0.25, 0.3) is 0 Å². The number of nitrogen functional groups attached to an aromatic ring is 1. The standard InChI is InChI=1S/C20H32N4O3/c1-27-19-12-17(2-3-18(19)21)24-10-6-16(7-11-24)14-23-8-4-15(5-9-23)13-22-20(25)26/h2-3,12,15-16,22H,4-11,13-14,21H2,1H3,(H,25,26). The van der Waals surface area contributed by atoms with Crippen LogP contribution in [0.1, 0.15) is 25.7 Å². The molecule has 1 aromatic rings. The lowest BCUT2D eigenvalue weighted by atomic mass is 9.92. The van der Waals surface area contributed by atoms with Crippen molar-refractivity contribution in [2.45, 2.75) is 25.7 Å². The van der Waals surface area contributed by atoms with Crippen LogP contribution in [0.25, 0.3) is 0 Å². The zero-order valence-corrected chi connectivity index (χ0v) is 16.2. The van der Waals surface area contributed by atoms with Gasteiger partial charge in [-0.2, -0.15) is 0 Å². The molecule has 7 nitrogen and oxygen atoms in total. The van der Waals surface area contributed by atoms with Crippen LogP contribution >= 0.6 is 0 Å². The number of anilines is 2. The maximum Gasteiger partial charge on any atom is 0.404 e. The smallest absolute Gasteiger partial charge is 0.404 e. The molecule has 0 saturated carbocycles. The summed E-state index contributed by atoms with van der Waals surface area (Å²) in [6.45, 7) is 6.06. The molecule has 0 unspecified atom stereocenters. The Balaban J connectivity index is 1.41. The van der Waals surface area contributed by atoms with Crippen LogP contribution in [-0.2, 0) is 0 Å². The average molecular weight is 377 g/mol. The van der Waals surface area contributed by atoms with Crippen molar-refractivity contribution in [1.82, 2.24) is 10.2 Å². The summed E-state index contributed by atoms with van der Waals surface area (Å²) >= 11 is 0. The second-order valence-corrected chi connectivity index (χ2v) is 7.79. The maximum absolute atomic E-state index is 10.6. The van der Waals surface area contributed by atoms with Crippen molar-refractivity contribution in [1.29, 1.82) is 0 Å². The Morgan fingerprint density at radius 1 is 1.19 bits per heavy atom. The van der Waals surface area contributed by atoms with Crippen molar-refractivity contribution in [2.24, 2.45) is 11.8 Å². The highest BCUT2D eigenvalue weighted by Crippen LogP contribution is 2.30. The van der Waals surface area contributed by atoms with Crippen LogP contribution in [-0.4, -0.2) is 62.5 Å². The Morgan fingerprint density at radius 2 is 1.85 bits per heavy atom. The lowest BCUT2D eigenvalue weighted by Gasteiger charge is -2.38. The summed E-state index contributed by atoms with van der Waals surface area (Å²) in [6, 6.07) is 6.03. The number of nitrogens with two attached hydrogens (primary N) is 1. The Bertz CT molecular complexity index is 624. The highest BCUT2D eigenvalue weighted by Gasteiger charge is 2.25. The average Bonchev–Trinajstić information content (AvgIpc) is 2.68. The zero-order valence-electron chi connectivity index (χ0n) is 16.2. The monoisotopic (exact) mass is 376 g/mol. The van der Waals surface area contributed by atoms with Gasteiger partial charge in [-0.3, -0.25) is 0 Å². The SMILES string of the molecule is COc1cc(N2CCC(CN3CCC(CNC(=O)O)CC3)CC2)ccc1N. The van der Waals surface area contributed by atoms with Crippen LogP contribution in [0.3, 0.4) is 0 Å². The second kappa shape index (κ2) is 9.17. The molecule has 2 aliphatic rings. The van der Waals surface area contributed by atoms with E-state index in [9.17, 15) is 4.79 Å². The fourth-order valence-corrected chi connectivity index (χ4v) is 4.24. The van der Waals surface area contributed by atoms with Gasteiger partial charge in [0.15, 0.2) is 0 Å². The van der Waals surface area contributed by atoms with Gasteiger partial charge in [-0.1, -0.05) is 0 Å². The van der Waals surface area contributed by atoms with Crippen molar-refractivity contribution in [3.8, 4) is 5.75 Å². The van der Waals surface area contributed by atoms with Crippen molar-refractivity contribution in [2.75, 3.05) is 57.0 Å². The second-order valence-electron chi connectivity index (χ2n) is 7.79. The Kier molecular flexibility index (Phi) is 6.66. The van der Waals surface area contributed by atoms with E-state index in [1.54, 1.807) is 7.11 Å². The number of methoxy groups -OCH3 is 1. The highest BCUT2D eigenvalue weighted by molar-refractivity contribution is 5.64. The zero-order chi connectivity index (χ0) is 19.2. The number of amides is 1. The van der Waals surface area contributed by atoms with Crippen LogP contribution in [0.15, 0.2) is 18.2 Å². The summed E-state index contributed by atoms with van der Waals surface area (Å²) < 4.78 is 5.34. The molecule has 3 rings (SSSR count). The Morgan fingerprint density at radius 3 is 2.48 bits per heavy atom. The third-order valence-corrected chi connectivity index (χ3v) is 5.96. The number of ether oxygens (including phenoxy) is 1. The molecule has 0 aliphatic carbocycles. The van der Waals surface area contributed by atoms with Gasteiger partial charge in [0, 0.05) is 37.9 Å². The molecule has 2 fully saturated rings. The first kappa shape index (κ1) is 19.6. The van der Waals surface area contributed by atoms with Crippen LogP contribution in [0.4, 0.5) is 16.2 Å². The largest absolute Gasteiger partial charge is 0.495 e. The molecule has 1 amide bonds. The van der Waals surface area contributed by atoms with Gasteiger partial charge >= 0.3 is 6.09 Å². The van der Waals surface area contributed by atoms with Gasteiger partial charge in [0.05, 0.1) is 12.8 Å². The van der Waals surface area contributed by atoms with E-state index in [-0.39, 0.29) is 0 Å². The third kappa shape index (κ3) is 5.42. The molecule has 0 bridgehead atoms. The summed E-state index contributed by atoms with van der Waals surface area (Å²) in [7, 11) is 1.66. The fourth-order valence-electron chi connectivity index (χ4n) is 4.24. The number of hydrogen-bond acceptors (Lipinski definition) is 5. The number of piperidine rings is 2. The van der Waals surface area contributed by atoms with Crippen LogP contribution < -0.4 is 20.7 Å². The van der Waals surface area contributed by atoms with Crippen molar-refractivity contribution in [3.63, 3.8) is 0 Å². The predicted molar refractivity (Wildman–Crippen MR) is 108 cm³/mol. The molecule has 1 aromatic carbocycles. The minimum Gasteiger partial charge on any atom is -0.495 e. The molecule has 2 saturated heterocycles. The van der Waals surface area contributed by atoms with Crippen LogP contribution in [0.2, 0.25) is 0 Å². The molecule has 0 atom stereocenters. The lowest BCUT2D eigenvalue weighted by molar-refractivity contribution is 0.147. The van der Waals surface area contributed by atoms with E-state index in [0.29, 0.717) is 18.2 Å². The molecule has 0 radical (unpaired) electrons. The fraction of sp³-hybridized carbons (Fsp3) is 0.650.